The molecule has 0 unspecified atom stereocenters. The zero-order chi connectivity index (χ0) is 20.6. The molecule has 0 radical (unpaired) electrons. The van der Waals surface area contributed by atoms with E-state index >= 15 is 0 Å². The van der Waals surface area contributed by atoms with Crippen LogP contribution in [0, 0.1) is 10.8 Å². The van der Waals surface area contributed by atoms with Crippen LogP contribution in [0.3, 0.4) is 0 Å². The van der Waals surface area contributed by atoms with Crippen molar-refractivity contribution in [1.82, 2.24) is 9.55 Å². The number of amidine groups is 1. The highest BCUT2D eigenvalue weighted by atomic mass is 35.5. The second-order valence-corrected chi connectivity index (χ2v) is 7.99. The van der Waals surface area contributed by atoms with Gasteiger partial charge in [-0.3, -0.25) is 15.0 Å². The van der Waals surface area contributed by atoms with Gasteiger partial charge in [0.1, 0.15) is 11.5 Å². The highest BCUT2D eigenvalue weighted by Gasteiger charge is 2.23. The van der Waals surface area contributed by atoms with Gasteiger partial charge in [0, 0.05) is 30.0 Å². The van der Waals surface area contributed by atoms with E-state index in [1.54, 1.807) is 41.9 Å². The number of hydrogen-bond acceptors (Lipinski definition) is 4. The minimum absolute atomic E-state index is 0. The third-order valence-electron chi connectivity index (χ3n) is 4.72. The van der Waals surface area contributed by atoms with Gasteiger partial charge in [0.15, 0.2) is 5.78 Å². The predicted molar refractivity (Wildman–Crippen MR) is 118 cm³/mol. The maximum atomic E-state index is 12.7. The van der Waals surface area contributed by atoms with Gasteiger partial charge in [-0.25, -0.2) is 4.98 Å². The molecule has 0 aliphatic heterocycles. The lowest BCUT2D eigenvalue weighted by Gasteiger charge is -2.17. The van der Waals surface area contributed by atoms with E-state index < -0.39 is 5.41 Å². The molecule has 2 aromatic carbocycles. The summed E-state index contributed by atoms with van der Waals surface area (Å²) in [4.78, 5) is 29.9. The highest BCUT2D eigenvalue weighted by molar-refractivity contribution is 6.02. The molecule has 0 amide bonds. The molecule has 0 aliphatic carbocycles. The summed E-state index contributed by atoms with van der Waals surface area (Å²) >= 11 is 0. The number of nitrogens with two attached hydrogens (primary N) is 1. The molecule has 152 valence electrons. The van der Waals surface area contributed by atoms with Gasteiger partial charge in [-0.1, -0.05) is 45.0 Å². The summed E-state index contributed by atoms with van der Waals surface area (Å²) in [6.45, 7) is 5.64. The van der Waals surface area contributed by atoms with Crippen LogP contribution in [0.5, 0.6) is 0 Å². The fraction of sp³-hybridized carbons (Fsp3) is 0.273. The van der Waals surface area contributed by atoms with Crippen LogP contribution < -0.4 is 11.3 Å². The molecule has 1 aromatic heterocycles. The number of fused-ring (bicyclic) bond motifs is 1. The Kier molecular flexibility index (Phi) is 6.28. The summed E-state index contributed by atoms with van der Waals surface area (Å²) in [5.74, 6) is 0.0359. The maximum Gasteiger partial charge on any atom is 0.272 e. The fourth-order valence-corrected chi connectivity index (χ4v) is 3.08. The summed E-state index contributed by atoms with van der Waals surface area (Å²) in [7, 11) is 1.71. The van der Waals surface area contributed by atoms with E-state index in [4.69, 9.17) is 11.1 Å². The van der Waals surface area contributed by atoms with Crippen LogP contribution in [0.2, 0.25) is 0 Å². The molecular formula is C22H25ClN4O2. The SMILES string of the molecule is Cl.Cn1c(=O)c(Cc2ccc(C(=N)N)cc2)nc2cc(C(=O)C(C)(C)C)ccc21. The smallest absolute Gasteiger partial charge is 0.272 e. The van der Waals surface area contributed by atoms with Crippen LogP contribution in [0.15, 0.2) is 47.3 Å². The Hall–Kier alpha value is -2.99. The van der Waals surface area contributed by atoms with Crippen LogP contribution in [0.4, 0.5) is 0 Å². The molecule has 3 rings (SSSR count). The number of carbonyl (C=O) groups is 1. The highest BCUT2D eigenvalue weighted by Crippen LogP contribution is 2.23. The Labute approximate surface area is 175 Å². The first kappa shape index (κ1) is 22.3. The van der Waals surface area contributed by atoms with E-state index in [9.17, 15) is 9.59 Å². The van der Waals surface area contributed by atoms with E-state index in [0.717, 1.165) is 5.56 Å². The van der Waals surface area contributed by atoms with E-state index in [1.807, 2.05) is 32.9 Å². The Bertz CT molecular complexity index is 1140. The number of Topliss-reactive ketones (excluding diaryl/α,β-unsaturated/α-hetero) is 1. The lowest BCUT2D eigenvalue weighted by Crippen LogP contribution is -2.24. The van der Waals surface area contributed by atoms with E-state index in [0.29, 0.717) is 34.3 Å². The Morgan fingerprint density at radius 2 is 1.69 bits per heavy atom. The van der Waals surface area contributed by atoms with E-state index in [2.05, 4.69) is 4.98 Å². The normalized spacial score (nSPS) is 11.2. The number of aryl methyl sites for hydroxylation is 1. The molecule has 6 nitrogen and oxygen atoms in total. The topological polar surface area (TPSA) is 102 Å². The maximum absolute atomic E-state index is 12.7. The van der Waals surface area contributed by atoms with Crippen LogP contribution >= 0.6 is 12.4 Å². The average Bonchev–Trinajstić information content (AvgIpc) is 2.64. The first-order valence-corrected chi connectivity index (χ1v) is 9.06. The number of hydrogen-bond donors (Lipinski definition) is 2. The van der Waals surface area contributed by atoms with Gasteiger partial charge in [0.05, 0.1) is 11.0 Å². The second-order valence-electron chi connectivity index (χ2n) is 7.99. The van der Waals surface area contributed by atoms with Gasteiger partial charge in [0.2, 0.25) is 0 Å². The van der Waals surface area contributed by atoms with Gasteiger partial charge in [-0.05, 0) is 23.8 Å². The first-order valence-electron chi connectivity index (χ1n) is 9.06. The Morgan fingerprint density at radius 1 is 1.10 bits per heavy atom. The van der Waals surface area contributed by atoms with Crippen molar-refractivity contribution in [3.05, 3.63) is 75.2 Å². The molecule has 29 heavy (non-hydrogen) atoms. The second kappa shape index (κ2) is 8.17. The van der Waals surface area contributed by atoms with Crippen LogP contribution in [-0.2, 0) is 13.5 Å². The number of nitrogens with one attached hydrogen (secondary N) is 1. The largest absolute Gasteiger partial charge is 0.384 e. The molecule has 3 N–H and O–H groups in total. The quantitative estimate of drug-likeness (QED) is 0.389. The monoisotopic (exact) mass is 412 g/mol. The van der Waals surface area contributed by atoms with Crippen molar-refractivity contribution in [3.63, 3.8) is 0 Å². The average molecular weight is 413 g/mol. The molecule has 7 heteroatoms. The standard InChI is InChI=1S/C22H24N4O2.ClH/c1-22(2,3)19(27)15-9-10-18-16(12-15)25-17(21(28)26(18)4)11-13-5-7-14(8-6-13)20(23)24;/h5-10,12H,11H2,1-4H3,(H3,23,24);1H. The number of nitrogens with zero attached hydrogens (tertiary/aromatic N) is 2. The summed E-state index contributed by atoms with van der Waals surface area (Å²) in [6.07, 6.45) is 0.359. The van der Waals surface area contributed by atoms with Gasteiger partial charge in [-0.2, -0.15) is 0 Å². The molecule has 0 aliphatic rings. The molecule has 1 heterocycles. The number of ketones is 1. The molecule has 0 atom stereocenters. The summed E-state index contributed by atoms with van der Waals surface area (Å²) in [6, 6.07) is 12.5. The first-order chi connectivity index (χ1) is 13.1. The number of nitrogen functional groups attached to an aromatic ring is 1. The summed E-state index contributed by atoms with van der Waals surface area (Å²) in [5.41, 5.74) is 8.65. The molecule has 3 aromatic rings. The summed E-state index contributed by atoms with van der Waals surface area (Å²) < 4.78 is 1.56. The number of carbonyl (C=O) groups excluding carboxylic acids is 1. The number of aromatic nitrogens is 2. The van der Waals surface area contributed by atoms with Crippen molar-refractivity contribution >= 4 is 35.1 Å². The predicted octanol–water partition coefficient (Wildman–Crippen LogP) is 3.46. The molecule has 0 fully saturated rings. The Balaban J connectivity index is 0.00000300. The molecule has 0 saturated carbocycles. The van der Waals surface area contributed by atoms with Gasteiger partial charge < -0.3 is 10.3 Å². The van der Waals surface area contributed by atoms with Gasteiger partial charge in [0.25, 0.3) is 5.56 Å². The van der Waals surface area contributed by atoms with Crippen molar-refractivity contribution < 1.29 is 4.79 Å². The number of benzene rings is 2. The van der Waals surface area contributed by atoms with E-state index in [1.165, 1.54) is 0 Å². The minimum atomic E-state index is -0.490. The third-order valence-corrected chi connectivity index (χ3v) is 4.72. The third kappa shape index (κ3) is 4.54. The van der Waals surface area contributed by atoms with Crippen molar-refractivity contribution in [2.75, 3.05) is 0 Å². The lowest BCUT2D eigenvalue weighted by molar-refractivity contribution is 0.0858. The fourth-order valence-electron chi connectivity index (χ4n) is 3.08. The molecule has 0 bridgehead atoms. The van der Waals surface area contributed by atoms with Crippen molar-refractivity contribution in [2.24, 2.45) is 18.2 Å². The number of halogens is 1. The van der Waals surface area contributed by atoms with Crippen molar-refractivity contribution in [2.45, 2.75) is 27.2 Å². The van der Waals surface area contributed by atoms with Crippen LogP contribution in [0.1, 0.15) is 48.0 Å². The minimum Gasteiger partial charge on any atom is -0.384 e. The molecular weight excluding hydrogens is 388 g/mol. The van der Waals surface area contributed by atoms with Crippen molar-refractivity contribution in [1.29, 1.82) is 5.41 Å². The number of rotatable bonds is 4. The Morgan fingerprint density at radius 3 is 2.24 bits per heavy atom. The summed E-state index contributed by atoms with van der Waals surface area (Å²) in [5, 5.41) is 7.46. The van der Waals surface area contributed by atoms with Crippen LogP contribution in [0.25, 0.3) is 11.0 Å². The molecule has 0 saturated heterocycles. The molecule has 0 spiro atoms. The zero-order valence-corrected chi connectivity index (χ0v) is 17.8. The van der Waals surface area contributed by atoms with Crippen molar-refractivity contribution in [3.8, 4) is 0 Å². The van der Waals surface area contributed by atoms with Gasteiger partial charge in [-0.15, -0.1) is 12.4 Å². The lowest BCUT2D eigenvalue weighted by atomic mass is 9.86. The van der Waals surface area contributed by atoms with Crippen LogP contribution in [-0.4, -0.2) is 21.2 Å². The van der Waals surface area contributed by atoms with E-state index in [-0.39, 0.29) is 29.6 Å². The zero-order valence-electron chi connectivity index (χ0n) is 16.9. The van der Waals surface area contributed by atoms with Gasteiger partial charge >= 0.3 is 0 Å².